The van der Waals surface area contributed by atoms with E-state index in [9.17, 15) is 4.79 Å². The normalized spacial score (nSPS) is 11.1. The van der Waals surface area contributed by atoms with Crippen molar-refractivity contribution < 1.29 is 9.53 Å². The summed E-state index contributed by atoms with van der Waals surface area (Å²) in [6.07, 6.45) is 0. The number of aromatic nitrogens is 3. The highest BCUT2D eigenvalue weighted by molar-refractivity contribution is 6.08. The van der Waals surface area contributed by atoms with E-state index < -0.39 is 0 Å². The molecule has 2 heterocycles. The minimum Gasteiger partial charge on any atom is -0.497 e. The van der Waals surface area contributed by atoms with Gasteiger partial charge in [0.1, 0.15) is 11.3 Å². The van der Waals surface area contributed by atoms with Crippen LogP contribution < -0.4 is 15.4 Å². The maximum Gasteiger partial charge on any atom is 0.323 e. The highest BCUT2D eigenvalue weighted by atomic mass is 16.5. The minimum atomic E-state index is -0.328. The lowest BCUT2D eigenvalue weighted by molar-refractivity contribution is 0.262. The van der Waals surface area contributed by atoms with Gasteiger partial charge in [0.25, 0.3) is 0 Å². The summed E-state index contributed by atoms with van der Waals surface area (Å²) in [5, 5.41) is 6.57. The van der Waals surface area contributed by atoms with Crippen molar-refractivity contribution in [2.24, 2.45) is 0 Å². The third-order valence-electron chi connectivity index (χ3n) is 4.70. The molecule has 0 atom stereocenters. The smallest absolute Gasteiger partial charge is 0.323 e. The van der Waals surface area contributed by atoms with E-state index in [1.165, 1.54) is 0 Å². The highest BCUT2D eigenvalue weighted by Gasteiger charge is 2.11. The van der Waals surface area contributed by atoms with Gasteiger partial charge in [0.2, 0.25) is 0 Å². The number of anilines is 2. The number of nitrogens with one attached hydrogen (secondary N) is 3. The maximum absolute atomic E-state index is 12.4. The quantitative estimate of drug-likeness (QED) is 0.412. The lowest BCUT2D eigenvalue weighted by Gasteiger charge is -2.08. The first-order valence-corrected chi connectivity index (χ1v) is 9.10. The number of rotatable bonds is 3. The molecule has 3 N–H and O–H groups in total. The van der Waals surface area contributed by atoms with Crippen molar-refractivity contribution in [2.75, 3.05) is 17.7 Å². The molecule has 0 radical (unpaired) electrons. The van der Waals surface area contributed by atoms with Crippen LogP contribution in [0.4, 0.5) is 16.2 Å². The van der Waals surface area contributed by atoms with Gasteiger partial charge in [-0.2, -0.15) is 0 Å². The van der Waals surface area contributed by atoms with E-state index in [0.717, 1.165) is 38.8 Å². The summed E-state index contributed by atoms with van der Waals surface area (Å²) in [6.45, 7) is 0. The van der Waals surface area contributed by atoms with Crippen LogP contribution in [-0.2, 0) is 0 Å². The molecule has 7 nitrogen and oxygen atoms in total. The third kappa shape index (κ3) is 3.19. The third-order valence-corrected chi connectivity index (χ3v) is 4.70. The molecule has 0 saturated heterocycles. The zero-order chi connectivity index (χ0) is 19.8. The Bertz CT molecular complexity index is 1360. The number of para-hydroxylation sites is 2. The molecule has 142 valence electrons. The molecular weight excluding hydrogens is 366 g/mol. The molecule has 0 saturated carbocycles. The summed E-state index contributed by atoms with van der Waals surface area (Å²) >= 11 is 0. The second-order valence-electron chi connectivity index (χ2n) is 6.60. The Labute approximate surface area is 165 Å². The van der Waals surface area contributed by atoms with E-state index in [0.29, 0.717) is 11.4 Å². The van der Waals surface area contributed by atoms with Crippen molar-refractivity contribution in [3.8, 4) is 5.75 Å². The molecule has 29 heavy (non-hydrogen) atoms. The zero-order valence-electron chi connectivity index (χ0n) is 15.6. The fourth-order valence-corrected chi connectivity index (χ4v) is 3.30. The Balaban J connectivity index is 1.44. The summed E-state index contributed by atoms with van der Waals surface area (Å²) < 4.78 is 5.12. The minimum absolute atomic E-state index is 0.328. The number of nitrogens with zero attached hydrogens (tertiary/aromatic N) is 2. The number of carbonyl (C=O) groups excluding carboxylic acids is 1. The van der Waals surface area contributed by atoms with Crippen LogP contribution in [0.5, 0.6) is 5.75 Å². The van der Waals surface area contributed by atoms with E-state index in [4.69, 9.17) is 9.72 Å². The molecule has 0 fully saturated rings. The summed E-state index contributed by atoms with van der Waals surface area (Å²) in [5.41, 5.74) is 5.42. The van der Waals surface area contributed by atoms with Crippen molar-refractivity contribution in [3.05, 3.63) is 66.7 Å². The number of aromatic amines is 1. The molecule has 2 amide bonds. The summed E-state index contributed by atoms with van der Waals surface area (Å²) in [5.74, 6) is 0.731. The SMILES string of the molecule is COc1ccc(NC(=O)Nc2ccc3[nH]c4nc5ccccc5nc4c3c2)cc1. The van der Waals surface area contributed by atoms with Gasteiger partial charge in [-0.3, -0.25) is 0 Å². The van der Waals surface area contributed by atoms with Gasteiger partial charge in [-0.05, 0) is 54.6 Å². The molecule has 3 aromatic carbocycles. The molecule has 7 heteroatoms. The molecule has 0 bridgehead atoms. The van der Waals surface area contributed by atoms with E-state index >= 15 is 0 Å². The number of fused-ring (bicyclic) bond motifs is 4. The number of urea groups is 1. The Morgan fingerprint density at radius 3 is 2.34 bits per heavy atom. The van der Waals surface area contributed by atoms with Crippen LogP contribution in [0, 0.1) is 0 Å². The highest BCUT2D eigenvalue weighted by Crippen LogP contribution is 2.27. The number of hydrogen-bond donors (Lipinski definition) is 3. The first-order chi connectivity index (χ1) is 14.2. The number of hydrogen-bond acceptors (Lipinski definition) is 4. The van der Waals surface area contributed by atoms with Crippen molar-refractivity contribution in [1.82, 2.24) is 15.0 Å². The summed E-state index contributed by atoms with van der Waals surface area (Å²) in [7, 11) is 1.60. The predicted molar refractivity (Wildman–Crippen MR) is 115 cm³/mol. The second-order valence-corrected chi connectivity index (χ2v) is 6.60. The van der Waals surface area contributed by atoms with Crippen LogP contribution >= 0.6 is 0 Å². The molecule has 0 aliphatic rings. The average Bonchev–Trinajstić information content (AvgIpc) is 3.09. The standard InChI is InChI=1S/C22H17N5O2/c1-29-15-9-6-13(7-10-15)23-22(28)24-14-8-11-17-16(12-14)20-21(26-17)27-19-5-3-2-4-18(19)25-20/h2-12H,1H3,(H,26,27)(H2,23,24,28). The van der Waals surface area contributed by atoms with Gasteiger partial charge >= 0.3 is 6.03 Å². The van der Waals surface area contributed by atoms with E-state index in [1.54, 1.807) is 31.4 Å². The fourth-order valence-electron chi connectivity index (χ4n) is 3.30. The average molecular weight is 383 g/mol. The van der Waals surface area contributed by atoms with Gasteiger partial charge in [0.15, 0.2) is 5.65 Å². The second kappa shape index (κ2) is 6.79. The van der Waals surface area contributed by atoms with Crippen LogP contribution in [0.2, 0.25) is 0 Å². The van der Waals surface area contributed by atoms with Crippen LogP contribution in [0.1, 0.15) is 0 Å². The molecular formula is C22H17N5O2. The molecule has 2 aromatic heterocycles. The lowest BCUT2D eigenvalue weighted by atomic mass is 10.2. The van der Waals surface area contributed by atoms with Gasteiger partial charge in [-0.25, -0.2) is 14.8 Å². The summed E-state index contributed by atoms with van der Waals surface area (Å²) in [6, 6.07) is 20.2. The van der Waals surface area contributed by atoms with Gasteiger partial charge < -0.3 is 20.4 Å². The van der Waals surface area contributed by atoms with Crippen molar-refractivity contribution in [1.29, 1.82) is 0 Å². The topological polar surface area (TPSA) is 91.9 Å². The number of methoxy groups -OCH3 is 1. The van der Waals surface area contributed by atoms with Gasteiger partial charge in [-0.15, -0.1) is 0 Å². The first-order valence-electron chi connectivity index (χ1n) is 9.10. The van der Waals surface area contributed by atoms with Crippen LogP contribution in [0.15, 0.2) is 66.7 Å². The van der Waals surface area contributed by atoms with Crippen LogP contribution in [-0.4, -0.2) is 28.1 Å². The predicted octanol–water partition coefficient (Wildman–Crippen LogP) is 4.92. The van der Waals surface area contributed by atoms with E-state index in [2.05, 4.69) is 20.6 Å². The number of ether oxygens (including phenoxy) is 1. The lowest BCUT2D eigenvalue weighted by Crippen LogP contribution is -2.19. The number of benzene rings is 3. The van der Waals surface area contributed by atoms with E-state index in [-0.39, 0.29) is 6.03 Å². The maximum atomic E-state index is 12.4. The Morgan fingerprint density at radius 2 is 1.59 bits per heavy atom. The molecule has 5 aromatic rings. The number of H-pyrrole nitrogens is 1. The Morgan fingerprint density at radius 1 is 0.897 bits per heavy atom. The largest absolute Gasteiger partial charge is 0.497 e. The van der Waals surface area contributed by atoms with Crippen molar-refractivity contribution >= 4 is 50.5 Å². The summed E-state index contributed by atoms with van der Waals surface area (Å²) in [4.78, 5) is 25.0. The number of carbonyl (C=O) groups is 1. The molecule has 0 aliphatic carbocycles. The van der Waals surface area contributed by atoms with Crippen molar-refractivity contribution in [3.63, 3.8) is 0 Å². The Hall–Kier alpha value is -4.13. The van der Waals surface area contributed by atoms with Gasteiger partial charge in [0, 0.05) is 22.3 Å². The van der Waals surface area contributed by atoms with Gasteiger partial charge in [-0.1, -0.05) is 12.1 Å². The zero-order valence-corrected chi connectivity index (χ0v) is 15.6. The van der Waals surface area contributed by atoms with E-state index in [1.807, 2.05) is 42.5 Å². The molecule has 5 rings (SSSR count). The van der Waals surface area contributed by atoms with Gasteiger partial charge in [0.05, 0.1) is 18.1 Å². The van der Waals surface area contributed by atoms with Crippen molar-refractivity contribution in [2.45, 2.75) is 0 Å². The molecule has 0 aliphatic heterocycles. The van der Waals surface area contributed by atoms with Crippen LogP contribution in [0.3, 0.4) is 0 Å². The molecule has 0 spiro atoms. The fraction of sp³-hybridized carbons (Fsp3) is 0.0455. The monoisotopic (exact) mass is 383 g/mol. The first kappa shape index (κ1) is 17.0. The number of amides is 2. The van der Waals surface area contributed by atoms with Crippen LogP contribution in [0.25, 0.3) is 33.1 Å². The Kier molecular flexibility index (Phi) is 3.98. The molecule has 0 unspecified atom stereocenters.